The minimum Gasteiger partial charge on any atom is -0.287 e. The maximum Gasteiger partial charge on any atom is 0.124 e. The van der Waals surface area contributed by atoms with E-state index in [0.717, 1.165) is 5.69 Å². The summed E-state index contributed by atoms with van der Waals surface area (Å²) in [7, 11) is 0. The Bertz CT molecular complexity index is 413. The van der Waals surface area contributed by atoms with Crippen LogP contribution in [-0.2, 0) is 0 Å². The van der Waals surface area contributed by atoms with E-state index in [9.17, 15) is 4.39 Å². The highest BCUT2D eigenvalue weighted by Crippen LogP contribution is 2.21. The average molecular weight is 242 g/mol. The SMILES string of the molecule is Fc1ccc(-n2cnnc2)c(Br)c1. The quantitative estimate of drug-likeness (QED) is 0.767. The summed E-state index contributed by atoms with van der Waals surface area (Å²) in [5, 5.41) is 7.32. The van der Waals surface area contributed by atoms with Crippen LogP contribution in [0.2, 0.25) is 0 Å². The molecule has 66 valence electrons. The lowest BCUT2D eigenvalue weighted by atomic mass is 10.3. The fourth-order valence-electron chi connectivity index (χ4n) is 1.02. The zero-order valence-electron chi connectivity index (χ0n) is 6.48. The first kappa shape index (κ1) is 8.37. The second kappa shape index (κ2) is 3.26. The molecule has 0 saturated carbocycles. The maximum atomic E-state index is 12.7. The first-order valence-electron chi connectivity index (χ1n) is 3.57. The molecule has 0 aliphatic carbocycles. The van der Waals surface area contributed by atoms with Crippen molar-refractivity contribution < 1.29 is 4.39 Å². The number of hydrogen-bond donors (Lipinski definition) is 0. The van der Waals surface area contributed by atoms with Crippen molar-refractivity contribution in [2.45, 2.75) is 0 Å². The van der Waals surface area contributed by atoms with Gasteiger partial charge in [-0.2, -0.15) is 0 Å². The summed E-state index contributed by atoms with van der Waals surface area (Å²) in [6.45, 7) is 0. The highest BCUT2D eigenvalue weighted by molar-refractivity contribution is 9.10. The highest BCUT2D eigenvalue weighted by atomic mass is 79.9. The lowest BCUT2D eigenvalue weighted by Crippen LogP contribution is -1.91. The van der Waals surface area contributed by atoms with Crippen molar-refractivity contribution in [1.29, 1.82) is 0 Å². The minimum atomic E-state index is -0.274. The van der Waals surface area contributed by atoms with Crippen molar-refractivity contribution in [3.05, 3.63) is 41.1 Å². The Balaban J connectivity index is 2.53. The van der Waals surface area contributed by atoms with Crippen LogP contribution in [0, 0.1) is 5.82 Å². The van der Waals surface area contributed by atoms with Gasteiger partial charge in [0.1, 0.15) is 18.5 Å². The molecular weight excluding hydrogens is 237 g/mol. The van der Waals surface area contributed by atoms with E-state index < -0.39 is 0 Å². The van der Waals surface area contributed by atoms with Crippen LogP contribution in [0.3, 0.4) is 0 Å². The fourth-order valence-corrected chi connectivity index (χ4v) is 1.57. The zero-order valence-corrected chi connectivity index (χ0v) is 8.07. The van der Waals surface area contributed by atoms with Gasteiger partial charge in [0.2, 0.25) is 0 Å². The minimum absolute atomic E-state index is 0.274. The van der Waals surface area contributed by atoms with Crippen molar-refractivity contribution >= 4 is 15.9 Å². The third-order valence-corrected chi connectivity index (χ3v) is 2.24. The molecule has 1 heterocycles. The molecule has 0 bridgehead atoms. The highest BCUT2D eigenvalue weighted by Gasteiger charge is 2.02. The predicted octanol–water partition coefficient (Wildman–Crippen LogP) is 2.17. The molecule has 0 unspecified atom stereocenters. The second-order valence-electron chi connectivity index (χ2n) is 2.46. The Labute approximate surface area is 82.3 Å². The molecule has 1 aromatic heterocycles. The van der Waals surface area contributed by atoms with E-state index in [4.69, 9.17) is 0 Å². The molecule has 0 atom stereocenters. The third-order valence-electron chi connectivity index (χ3n) is 1.61. The molecule has 0 fully saturated rings. The van der Waals surface area contributed by atoms with E-state index >= 15 is 0 Å². The Morgan fingerprint density at radius 2 is 1.92 bits per heavy atom. The van der Waals surface area contributed by atoms with Gasteiger partial charge in [-0.1, -0.05) is 0 Å². The van der Waals surface area contributed by atoms with Crippen LogP contribution in [0.25, 0.3) is 5.69 Å². The number of nitrogens with zero attached hydrogens (tertiary/aromatic N) is 3. The van der Waals surface area contributed by atoms with Gasteiger partial charge in [0.25, 0.3) is 0 Å². The van der Waals surface area contributed by atoms with E-state index in [0.29, 0.717) is 4.47 Å². The molecule has 0 N–H and O–H groups in total. The fraction of sp³-hybridized carbons (Fsp3) is 0. The smallest absolute Gasteiger partial charge is 0.124 e. The summed E-state index contributed by atoms with van der Waals surface area (Å²) in [5.41, 5.74) is 0.811. The largest absolute Gasteiger partial charge is 0.287 e. The lowest BCUT2D eigenvalue weighted by molar-refractivity contribution is 0.626. The first-order chi connectivity index (χ1) is 6.27. The Morgan fingerprint density at radius 1 is 1.23 bits per heavy atom. The normalized spacial score (nSPS) is 10.3. The van der Waals surface area contributed by atoms with Crippen molar-refractivity contribution in [3.8, 4) is 5.69 Å². The molecule has 0 saturated heterocycles. The second-order valence-corrected chi connectivity index (χ2v) is 3.32. The number of rotatable bonds is 1. The molecule has 0 spiro atoms. The van der Waals surface area contributed by atoms with Crippen molar-refractivity contribution in [3.63, 3.8) is 0 Å². The predicted molar refractivity (Wildman–Crippen MR) is 49.0 cm³/mol. The third kappa shape index (κ3) is 1.60. The molecule has 0 aliphatic rings. The van der Waals surface area contributed by atoms with E-state index in [1.165, 1.54) is 12.1 Å². The van der Waals surface area contributed by atoms with Crippen molar-refractivity contribution in [2.75, 3.05) is 0 Å². The Kier molecular flexibility index (Phi) is 2.10. The van der Waals surface area contributed by atoms with Gasteiger partial charge in [0.15, 0.2) is 0 Å². The average Bonchev–Trinajstić information content (AvgIpc) is 2.56. The maximum absolute atomic E-state index is 12.7. The van der Waals surface area contributed by atoms with Crippen LogP contribution in [0.15, 0.2) is 35.3 Å². The molecule has 0 aliphatic heterocycles. The molecule has 0 amide bonds. The van der Waals surface area contributed by atoms with Crippen LogP contribution in [0.1, 0.15) is 0 Å². The van der Waals surface area contributed by atoms with Crippen LogP contribution in [-0.4, -0.2) is 14.8 Å². The summed E-state index contributed by atoms with van der Waals surface area (Å²) < 4.78 is 15.1. The van der Waals surface area contributed by atoms with Crippen LogP contribution in [0.5, 0.6) is 0 Å². The van der Waals surface area contributed by atoms with Gasteiger partial charge < -0.3 is 0 Å². The molecule has 13 heavy (non-hydrogen) atoms. The van der Waals surface area contributed by atoms with E-state index in [1.54, 1.807) is 23.3 Å². The number of benzene rings is 1. The molecule has 0 radical (unpaired) electrons. The number of aromatic nitrogens is 3. The van der Waals surface area contributed by atoms with Crippen LogP contribution in [0.4, 0.5) is 4.39 Å². The molecular formula is C8H5BrFN3. The number of hydrogen-bond acceptors (Lipinski definition) is 2. The standard InChI is InChI=1S/C8H5BrFN3/c9-7-3-6(10)1-2-8(7)13-4-11-12-5-13/h1-5H. The van der Waals surface area contributed by atoms with Gasteiger partial charge in [0, 0.05) is 4.47 Å². The molecule has 3 nitrogen and oxygen atoms in total. The van der Waals surface area contributed by atoms with E-state index in [1.807, 2.05) is 0 Å². The van der Waals surface area contributed by atoms with Gasteiger partial charge in [-0.25, -0.2) is 4.39 Å². The summed E-state index contributed by atoms with van der Waals surface area (Å²) in [5.74, 6) is -0.274. The Morgan fingerprint density at radius 3 is 2.54 bits per heavy atom. The van der Waals surface area contributed by atoms with E-state index in [2.05, 4.69) is 26.1 Å². The van der Waals surface area contributed by atoms with Crippen molar-refractivity contribution in [1.82, 2.24) is 14.8 Å². The summed E-state index contributed by atoms with van der Waals surface area (Å²) in [4.78, 5) is 0. The van der Waals surface area contributed by atoms with Gasteiger partial charge in [-0.05, 0) is 34.1 Å². The topological polar surface area (TPSA) is 30.7 Å². The van der Waals surface area contributed by atoms with Crippen LogP contribution >= 0.6 is 15.9 Å². The zero-order chi connectivity index (χ0) is 9.26. The van der Waals surface area contributed by atoms with Crippen LogP contribution < -0.4 is 0 Å². The van der Waals surface area contributed by atoms with Gasteiger partial charge in [-0.15, -0.1) is 10.2 Å². The molecule has 1 aromatic carbocycles. The number of halogens is 2. The summed E-state index contributed by atoms with van der Waals surface area (Å²) in [6.07, 6.45) is 3.11. The molecule has 2 rings (SSSR count). The Hall–Kier alpha value is -1.23. The monoisotopic (exact) mass is 241 g/mol. The molecule has 5 heteroatoms. The lowest BCUT2D eigenvalue weighted by Gasteiger charge is -2.03. The van der Waals surface area contributed by atoms with Gasteiger partial charge in [0.05, 0.1) is 5.69 Å². The van der Waals surface area contributed by atoms with Gasteiger partial charge >= 0.3 is 0 Å². The van der Waals surface area contributed by atoms with E-state index in [-0.39, 0.29) is 5.82 Å². The first-order valence-corrected chi connectivity index (χ1v) is 4.37. The van der Waals surface area contributed by atoms with Gasteiger partial charge in [-0.3, -0.25) is 4.57 Å². The summed E-state index contributed by atoms with van der Waals surface area (Å²) in [6, 6.07) is 4.44. The summed E-state index contributed by atoms with van der Waals surface area (Å²) >= 11 is 3.25. The molecule has 2 aromatic rings. The van der Waals surface area contributed by atoms with Crippen molar-refractivity contribution in [2.24, 2.45) is 0 Å².